The maximum absolute atomic E-state index is 6.11. The summed E-state index contributed by atoms with van der Waals surface area (Å²) in [6.07, 6.45) is 1.65. The van der Waals surface area contributed by atoms with Crippen molar-refractivity contribution < 1.29 is 9.47 Å². The fourth-order valence-electron chi connectivity index (χ4n) is 1.64. The summed E-state index contributed by atoms with van der Waals surface area (Å²) in [4.78, 5) is 4.21. The molecule has 0 fully saturated rings. The lowest BCUT2D eigenvalue weighted by molar-refractivity contribution is 0.396. The summed E-state index contributed by atoms with van der Waals surface area (Å²) in [6, 6.07) is 5.15. The number of nitrogens with zero attached hydrogens (tertiary/aromatic N) is 1. The Labute approximate surface area is 130 Å². The van der Waals surface area contributed by atoms with E-state index in [-0.39, 0.29) is 0 Å². The first-order valence-electron chi connectivity index (χ1n) is 5.64. The van der Waals surface area contributed by atoms with Gasteiger partial charge in [-0.3, -0.25) is 0 Å². The zero-order valence-electron chi connectivity index (χ0n) is 10.9. The number of nitrogens with one attached hydrogen (secondary N) is 1. The summed E-state index contributed by atoms with van der Waals surface area (Å²) in [7, 11) is 3.11. The van der Waals surface area contributed by atoms with Crippen LogP contribution in [-0.2, 0) is 0 Å². The van der Waals surface area contributed by atoms with Crippen LogP contribution < -0.4 is 20.5 Å². The average Bonchev–Trinajstić information content (AvgIpc) is 2.42. The van der Waals surface area contributed by atoms with Crippen molar-refractivity contribution in [1.29, 1.82) is 0 Å². The molecule has 5 nitrogen and oxygen atoms in total. The smallest absolute Gasteiger partial charge is 0.153 e. The van der Waals surface area contributed by atoms with Gasteiger partial charge in [0.1, 0.15) is 11.5 Å². The van der Waals surface area contributed by atoms with Crippen molar-refractivity contribution in [3.05, 3.63) is 33.9 Å². The highest BCUT2D eigenvalue weighted by Gasteiger charge is 2.12. The van der Waals surface area contributed by atoms with Crippen molar-refractivity contribution >= 4 is 44.7 Å². The highest BCUT2D eigenvalue weighted by atomic mass is 79.9. The third kappa shape index (κ3) is 3.08. The molecular weight excluding hydrogens is 346 g/mol. The number of rotatable bonds is 4. The van der Waals surface area contributed by atoms with Gasteiger partial charge in [-0.05, 0) is 28.1 Å². The molecule has 0 saturated carbocycles. The number of pyridine rings is 1. The zero-order valence-corrected chi connectivity index (χ0v) is 13.2. The standard InChI is InChI=1S/C13H13BrClN3O2/c1-19-11-5-12(20-2)10(4-8(11)15)18-13-9(16)3-7(14)6-17-13/h3-6H,16H2,1-2H3,(H,17,18). The number of ether oxygens (including phenoxy) is 2. The number of nitrogens with two attached hydrogens (primary N) is 1. The Morgan fingerprint density at radius 2 is 1.90 bits per heavy atom. The zero-order chi connectivity index (χ0) is 14.7. The first kappa shape index (κ1) is 14.7. The molecule has 0 aliphatic heterocycles. The second kappa shape index (κ2) is 6.19. The minimum atomic E-state index is 0.464. The van der Waals surface area contributed by atoms with Crippen LogP contribution in [0.1, 0.15) is 0 Å². The summed E-state index contributed by atoms with van der Waals surface area (Å²) in [6.45, 7) is 0. The summed E-state index contributed by atoms with van der Waals surface area (Å²) in [5, 5.41) is 3.55. The van der Waals surface area contributed by atoms with Gasteiger partial charge in [-0.25, -0.2) is 4.98 Å². The molecule has 0 bridgehead atoms. The normalized spacial score (nSPS) is 10.2. The summed E-state index contributed by atoms with van der Waals surface area (Å²) < 4.78 is 11.3. The number of halogens is 2. The van der Waals surface area contributed by atoms with Crippen LogP contribution in [0.4, 0.5) is 17.2 Å². The van der Waals surface area contributed by atoms with E-state index in [1.165, 1.54) is 0 Å². The van der Waals surface area contributed by atoms with Gasteiger partial charge >= 0.3 is 0 Å². The number of hydrogen-bond donors (Lipinski definition) is 2. The summed E-state index contributed by atoms with van der Waals surface area (Å²) in [5.74, 6) is 1.63. The predicted octanol–water partition coefficient (Wildman–Crippen LogP) is 3.84. The third-order valence-electron chi connectivity index (χ3n) is 2.61. The van der Waals surface area contributed by atoms with Crippen LogP contribution in [0.25, 0.3) is 0 Å². The first-order valence-corrected chi connectivity index (χ1v) is 6.81. The largest absolute Gasteiger partial charge is 0.495 e. The van der Waals surface area contributed by atoms with Gasteiger partial charge in [0.05, 0.1) is 30.6 Å². The minimum absolute atomic E-state index is 0.464. The molecule has 0 atom stereocenters. The van der Waals surface area contributed by atoms with Gasteiger partial charge in [0, 0.05) is 16.7 Å². The molecule has 20 heavy (non-hydrogen) atoms. The molecule has 2 aromatic rings. The van der Waals surface area contributed by atoms with Crippen LogP contribution >= 0.6 is 27.5 Å². The quantitative estimate of drug-likeness (QED) is 0.869. The van der Waals surface area contributed by atoms with Crippen LogP contribution in [0, 0.1) is 0 Å². The number of benzene rings is 1. The minimum Gasteiger partial charge on any atom is -0.495 e. The van der Waals surface area contributed by atoms with Gasteiger partial charge in [-0.15, -0.1) is 0 Å². The lowest BCUT2D eigenvalue weighted by Gasteiger charge is -2.14. The van der Waals surface area contributed by atoms with Crippen LogP contribution in [-0.4, -0.2) is 19.2 Å². The molecule has 0 amide bonds. The lowest BCUT2D eigenvalue weighted by atomic mass is 10.2. The van der Waals surface area contributed by atoms with Crippen molar-refractivity contribution in [1.82, 2.24) is 4.98 Å². The monoisotopic (exact) mass is 357 g/mol. The van der Waals surface area contributed by atoms with Gasteiger partial charge in [-0.2, -0.15) is 0 Å². The summed E-state index contributed by atoms with van der Waals surface area (Å²) in [5.41, 5.74) is 7.06. The van der Waals surface area contributed by atoms with Gasteiger partial charge in [0.2, 0.25) is 0 Å². The van der Waals surface area contributed by atoms with Crippen LogP contribution in [0.3, 0.4) is 0 Å². The van der Waals surface area contributed by atoms with Crippen molar-refractivity contribution in [3.63, 3.8) is 0 Å². The highest BCUT2D eigenvalue weighted by Crippen LogP contribution is 2.37. The molecule has 0 spiro atoms. The molecule has 106 valence electrons. The topological polar surface area (TPSA) is 69.4 Å². The van der Waals surface area contributed by atoms with E-state index in [1.54, 1.807) is 38.6 Å². The van der Waals surface area contributed by atoms with Gasteiger partial charge in [0.25, 0.3) is 0 Å². The first-order chi connectivity index (χ1) is 9.55. The van der Waals surface area contributed by atoms with Gasteiger partial charge in [0.15, 0.2) is 5.82 Å². The SMILES string of the molecule is COc1cc(OC)c(Nc2ncc(Br)cc2N)cc1Cl. The number of anilines is 3. The third-order valence-corrected chi connectivity index (χ3v) is 3.34. The number of methoxy groups -OCH3 is 2. The number of nitrogen functional groups attached to an aromatic ring is 1. The Morgan fingerprint density at radius 1 is 1.20 bits per heavy atom. The maximum Gasteiger partial charge on any atom is 0.153 e. The second-order valence-electron chi connectivity index (χ2n) is 3.90. The molecule has 0 saturated heterocycles. The molecule has 3 N–H and O–H groups in total. The lowest BCUT2D eigenvalue weighted by Crippen LogP contribution is -2.01. The summed E-state index contributed by atoms with van der Waals surface area (Å²) >= 11 is 9.42. The molecule has 1 heterocycles. The fraction of sp³-hybridized carbons (Fsp3) is 0.154. The molecule has 1 aromatic heterocycles. The van der Waals surface area contributed by atoms with E-state index in [0.29, 0.717) is 33.7 Å². The van der Waals surface area contributed by atoms with E-state index in [1.807, 2.05) is 0 Å². The number of aromatic nitrogens is 1. The molecule has 0 aliphatic rings. The van der Waals surface area contributed by atoms with Crippen molar-refractivity contribution in [3.8, 4) is 11.5 Å². The molecule has 1 aromatic carbocycles. The molecule has 0 radical (unpaired) electrons. The van der Waals surface area contributed by atoms with E-state index >= 15 is 0 Å². The van der Waals surface area contributed by atoms with Gasteiger partial charge in [-0.1, -0.05) is 11.6 Å². The molecule has 7 heteroatoms. The number of hydrogen-bond acceptors (Lipinski definition) is 5. The van der Waals surface area contributed by atoms with Crippen molar-refractivity contribution in [2.45, 2.75) is 0 Å². The predicted molar refractivity (Wildman–Crippen MR) is 84.2 cm³/mol. The van der Waals surface area contributed by atoms with E-state index in [9.17, 15) is 0 Å². The Balaban J connectivity index is 2.40. The second-order valence-corrected chi connectivity index (χ2v) is 5.23. The van der Waals surface area contributed by atoms with Gasteiger partial charge < -0.3 is 20.5 Å². The Morgan fingerprint density at radius 3 is 2.50 bits per heavy atom. The van der Waals surface area contributed by atoms with Crippen LogP contribution in [0.2, 0.25) is 5.02 Å². The Hall–Kier alpha value is -1.66. The molecule has 2 rings (SSSR count). The van der Waals surface area contributed by atoms with E-state index in [0.717, 1.165) is 4.47 Å². The van der Waals surface area contributed by atoms with Crippen molar-refractivity contribution in [2.24, 2.45) is 0 Å². The van der Waals surface area contributed by atoms with E-state index in [4.69, 9.17) is 26.8 Å². The fourth-order valence-corrected chi connectivity index (χ4v) is 2.23. The Kier molecular flexibility index (Phi) is 4.57. The van der Waals surface area contributed by atoms with Crippen LogP contribution in [0.5, 0.6) is 11.5 Å². The molecule has 0 aliphatic carbocycles. The average molecular weight is 359 g/mol. The molecule has 0 unspecified atom stereocenters. The van der Waals surface area contributed by atoms with Crippen molar-refractivity contribution in [2.75, 3.05) is 25.3 Å². The molecular formula is C13H13BrClN3O2. The maximum atomic E-state index is 6.11. The van der Waals surface area contributed by atoms with Crippen LogP contribution in [0.15, 0.2) is 28.9 Å². The van der Waals surface area contributed by atoms with E-state index < -0.39 is 0 Å². The highest BCUT2D eigenvalue weighted by molar-refractivity contribution is 9.10. The van der Waals surface area contributed by atoms with E-state index in [2.05, 4.69) is 26.2 Å². The Bertz CT molecular complexity index is 637.